The number of benzene rings is 3. The van der Waals surface area contributed by atoms with Crippen LogP contribution in [0.1, 0.15) is 41.8 Å². The summed E-state index contributed by atoms with van der Waals surface area (Å²) in [7, 11) is 0. The highest BCUT2D eigenvalue weighted by Crippen LogP contribution is 2.27. The number of carboxylic acids is 1. The van der Waals surface area contributed by atoms with E-state index in [-0.39, 0.29) is 17.1 Å². The van der Waals surface area contributed by atoms with Crippen molar-refractivity contribution in [3.8, 4) is 0 Å². The summed E-state index contributed by atoms with van der Waals surface area (Å²) in [5, 5.41) is 9.79. The van der Waals surface area contributed by atoms with E-state index in [2.05, 4.69) is 0 Å². The molecule has 9 heteroatoms. The SMILES string of the molecule is CC(C)(OC(=O)C(=O)CC(=O)N(Cc1ccc(Cl)c(Cl)c1)c1ccc(C(=O)O)cc1)c1ccccc1. The molecule has 0 radical (unpaired) electrons. The van der Waals surface area contributed by atoms with E-state index in [1.165, 1.54) is 29.2 Å². The molecular weight excluding hydrogens is 505 g/mol. The van der Waals surface area contributed by atoms with Crippen LogP contribution >= 0.6 is 23.2 Å². The fourth-order valence-corrected chi connectivity index (χ4v) is 3.74. The van der Waals surface area contributed by atoms with Gasteiger partial charge in [0.05, 0.1) is 28.6 Å². The molecule has 0 atom stereocenters. The van der Waals surface area contributed by atoms with Gasteiger partial charge in [-0.1, -0.05) is 59.6 Å². The van der Waals surface area contributed by atoms with Gasteiger partial charge in [-0.15, -0.1) is 0 Å². The standard InChI is InChI=1S/C27H23Cl2NO6/c1-27(2,19-6-4-3-5-7-19)36-26(35)23(31)15-24(32)30(16-17-8-13-21(28)22(29)14-17)20-11-9-18(10-12-20)25(33)34/h3-14H,15-16H2,1-2H3,(H,33,34). The number of anilines is 1. The largest absolute Gasteiger partial charge is 0.478 e. The quantitative estimate of drug-likeness (QED) is 0.219. The molecule has 3 aromatic rings. The van der Waals surface area contributed by atoms with Crippen molar-refractivity contribution in [3.63, 3.8) is 0 Å². The third kappa shape index (κ3) is 6.71. The summed E-state index contributed by atoms with van der Waals surface area (Å²) in [6, 6.07) is 19.3. The number of ketones is 1. The molecule has 7 nitrogen and oxygen atoms in total. The van der Waals surface area contributed by atoms with Crippen LogP contribution in [0.15, 0.2) is 72.8 Å². The van der Waals surface area contributed by atoms with E-state index in [4.69, 9.17) is 33.0 Å². The topological polar surface area (TPSA) is 101 Å². The molecule has 186 valence electrons. The monoisotopic (exact) mass is 527 g/mol. The van der Waals surface area contributed by atoms with E-state index in [0.29, 0.717) is 21.8 Å². The van der Waals surface area contributed by atoms with Crippen LogP contribution in [0.4, 0.5) is 5.69 Å². The van der Waals surface area contributed by atoms with Gasteiger partial charge in [-0.2, -0.15) is 0 Å². The molecule has 36 heavy (non-hydrogen) atoms. The fourth-order valence-electron chi connectivity index (χ4n) is 3.42. The first-order valence-corrected chi connectivity index (χ1v) is 11.6. The van der Waals surface area contributed by atoms with Crippen LogP contribution in [0.3, 0.4) is 0 Å². The van der Waals surface area contributed by atoms with Crippen LogP contribution in [-0.4, -0.2) is 28.7 Å². The van der Waals surface area contributed by atoms with E-state index in [1.807, 2.05) is 6.07 Å². The molecule has 0 aliphatic carbocycles. The molecule has 0 fully saturated rings. The van der Waals surface area contributed by atoms with Crippen LogP contribution < -0.4 is 4.90 Å². The summed E-state index contributed by atoms with van der Waals surface area (Å²) >= 11 is 12.1. The molecule has 1 N–H and O–H groups in total. The Hall–Kier alpha value is -3.68. The fraction of sp³-hybridized carbons (Fsp3) is 0.185. The molecule has 0 aromatic heterocycles. The molecular formula is C27H23Cl2NO6. The van der Waals surface area contributed by atoms with Gasteiger partial charge in [0, 0.05) is 5.69 Å². The average Bonchev–Trinajstić information content (AvgIpc) is 2.85. The zero-order chi connectivity index (χ0) is 26.5. The smallest absolute Gasteiger partial charge is 0.376 e. The Balaban J connectivity index is 1.81. The maximum Gasteiger partial charge on any atom is 0.376 e. The first kappa shape index (κ1) is 26.9. The molecule has 0 bridgehead atoms. The lowest BCUT2D eigenvalue weighted by Gasteiger charge is -2.26. The minimum Gasteiger partial charge on any atom is -0.478 e. The lowest BCUT2D eigenvalue weighted by molar-refractivity contribution is -0.165. The molecule has 0 aliphatic heterocycles. The predicted molar refractivity (Wildman–Crippen MR) is 136 cm³/mol. The van der Waals surface area contributed by atoms with Crippen molar-refractivity contribution < 1.29 is 29.0 Å². The number of hydrogen-bond acceptors (Lipinski definition) is 5. The van der Waals surface area contributed by atoms with Gasteiger partial charge < -0.3 is 14.7 Å². The predicted octanol–water partition coefficient (Wildman–Crippen LogP) is 5.66. The molecule has 0 heterocycles. The number of carbonyl (C=O) groups excluding carboxylic acids is 3. The summed E-state index contributed by atoms with van der Waals surface area (Å²) in [5.74, 6) is -3.94. The molecule has 3 aromatic carbocycles. The molecule has 0 unspecified atom stereocenters. The van der Waals surface area contributed by atoms with Crippen molar-refractivity contribution in [1.82, 2.24) is 0 Å². The zero-order valence-electron chi connectivity index (χ0n) is 19.5. The van der Waals surface area contributed by atoms with Gasteiger partial charge in [0.2, 0.25) is 11.7 Å². The molecule has 1 amide bonds. The normalized spacial score (nSPS) is 11.0. The van der Waals surface area contributed by atoms with Gasteiger partial charge >= 0.3 is 11.9 Å². The zero-order valence-corrected chi connectivity index (χ0v) is 21.0. The maximum absolute atomic E-state index is 13.2. The third-order valence-corrected chi connectivity index (χ3v) is 6.15. The lowest BCUT2D eigenvalue weighted by Crippen LogP contribution is -2.36. The minimum absolute atomic E-state index is 0.0000235. The van der Waals surface area contributed by atoms with E-state index in [1.54, 1.807) is 56.3 Å². The maximum atomic E-state index is 13.2. The van der Waals surface area contributed by atoms with Crippen molar-refractivity contribution >= 4 is 52.5 Å². The van der Waals surface area contributed by atoms with E-state index in [9.17, 15) is 19.2 Å². The number of aromatic carboxylic acids is 1. The number of carboxylic acid groups (broad SMARTS) is 1. The highest BCUT2D eigenvalue weighted by molar-refractivity contribution is 6.42. The van der Waals surface area contributed by atoms with Gasteiger partial charge in [0.15, 0.2) is 0 Å². The highest BCUT2D eigenvalue weighted by Gasteiger charge is 2.31. The van der Waals surface area contributed by atoms with Crippen LogP contribution in [0, 0.1) is 0 Å². The Morgan fingerprint density at radius 1 is 0.889 bits per heavy atom. The second-order valence-electron chi connectivity index (χ2n) is 8.45. The van der Waals surface area contributed by atoms with E-state index < -0.39 is 35.7 Å². The van der Waals surface area contributed by atoms with Crippen molar-refractivity contribution in [2.45, 2.75) is 32.4 Å². The van der Waals surface area contributed by atoms with E-state index in [0.717, 1.165) is 0 Å². The second kappa shape index (κ2) is 11.4. The number of Topliss-reactive ketones (excluding diaryl/α,β-unsaturated/α-hetero) is 1. The summed E-state index contributed by atoms with van der Waals surface area (Å²) in [5.41, 5.74) is 0.589. The number of nitrogens with zero attached hydrogens (tertiary/aromatic N) is 1. The Labute approximate surface area is 218 Å². The number of amides is 1. The Kier molecular flexibility index (Phi) is 8.50. The van der Waals surface area contributed by atoms with E-state index >= 15 is 0 Å². The number of rotatable bonds is 9. The van der Waals surface area contributed by atoms with Gasteiger partial charge in [-0.3, -0.25) is 9.59 Å². The Bertz CT molecular complexity index is 1290. The van der Waals surface area contributed by atoms with Crippen molar-refractivity contribution in [3.05, 3.63) is 99.5 Å². The number of hydrogen-bond donors (Lipinski definition) is 1. The van der Waals surface area contributed by atoms with Crippen molar-refractivity contribution in [2.75, 3.05) is 4.90 Å². The third-order valence-electron chi connectivity index (χ3n) is 5.41. The molecule has 3 rings (SSSR count). The summed E-state index contributed by atoms with van der Waals surface area (Å²) < 4.78 is 5.40. The van der Waals surface area contributed by atoms with Crippen LogP contribution in [0.25, 0.3) is 0 Å². The molecule has 0 aliphatic rings. The minimum atomic E-state index is -1.13. The summed E-state index contributed by atoms with van der Waals surface area (Å²) in [6.07, 6.45) is -0.744. The number of esters is 1. The van der Waals surface area contributed by atoms with Gasteiger partial charge in [0.1, 0.15) is 5.60 Å². The first-order chi connectivity index (χ1) is 17.0. The number of carbonyl (C=O) groups is 4. The van der Waals surface area contributed by atoms with Gasteiger partial charge in [0.25, 0.3) is 0 Å². The summed E-state index contributed by atoms with van der Waals surface area (Å²) in [6.45, 7) is 3.30. The molecule has 0 spiro atoms. The first-order valence-electron chi connectivity index (χ1n) is 10.9. The lowest BCUT2D eigenvalue weighted by atomic mass is 9.98. The number of halogens is 2. The number of ether oxygens (including phenoxy) is 1. The van der Waals surface area contributed by atoms with Crippen molar-refractivity contribution in [2.24, 2.45) is 0 Å². The summed E-state index contributed by atoms with van der Waals surface area (Å²) in [4.78, 5) is 50.9. The second-order valence-corrected chi connectivity index (χ2v) is 9.26. The van der Waals surface area contributed by atoms with Crippen LogP contribution in [0.2, 0.25) is 10.0 Å². The van der Waals surface area contributed by atoms with Gasteiger partial charge in [-0.25, -0.2) is 9.59 Å². The highest BCUT2D eigenvalue weighted by atomic mass is 35.5. The Morgan fingerprint density at radius 3 is 2.11 bits per heavy atom. The average molecular weight is 528 g/mol. The molecule has 0 saturated heterocycles. The van der Waals surface area contributed by atoms with Crippen molar-refractivity contribution in [1.29, 1.82) is 0 Å². The van der Waals surface area contributed by atoms with Gasteiger partial charge in [-0.05, 0) is 61.4 Å². The van der Waals surface area contributed by atoms with Crippen LogP contribution in [0.5, 0.6) is 0 Å². The van der Waals surface area contributed by atoms with Crippen LogP contribution in [-0.2, 0) is 31.3 Å². The Morgan fingerprint density at radius 2 is 1.53 bits per heavy atom. The molecule has 0 saturated carbocycles.